The highest BCUT2D eigenvalue weighted by Crippen LogP contribution is 2.34. The fourth-order valence-corrected chi connectivity index (χ4v) is 4.99. The quantitative estimate of drug-likeness (QED) is 0.804. The van der Waals surface area contributed by atoms with Crippen LogP contribution < -0.4 is 0 Å². The molecule has 0 aliphatic carbocycles. The van der Waals surface area contributed by atoms with Crippen molar-refractivity contribution in [3.05, 3.63) is 35.4 Å². The largest absolute Gasteiger partial charge is 0.343 e. The molecular weight excluding hydrogens is 334 g/mol. The van der Waals surface area contributed by atoms with Crippen molar-refractivity contribution < 1.29 is 4.79 Å². The molecule has 27 heavy (non-hydrogen) atoms. The fourth-order valence-electron chi connectivity index (χ4n) is 4.99. The molecule has 2 saturated heterocycles. The Bertz CT molecular complexity index is 634. The third-order valence-corrected chi connectivity index (χ3v) is 6.98. The number of carbonyl (C=O) groups excluding carboxylic acids is 1. The maximum absolute atomic E-state index is 11.7. The summed E-state index contributed by atoms with van der Waals surface area (Å²) >= 11 is 0. The van der Waals surface area contributed by atoms with E-state index in [4.69, 9.17) is 0 Å². The van der Waals surface area contributed by atoms with E-state index in [0.717, 1.165) is 52.0 Å². The second-order valence-electron chi connectivity index (χ2n) is 8.87. The van der Waals surface area contributed by atoms with Crippen LogP contribution in [0.15, 0.2) is 24.3 Å². The summed E-state index contributed by atoms with van der Waals surface area (Å²) in [5.41, 5.74) is 3.01. The van der Waals surface area contributed by atoms with Crippen LogP contribution >= 0.6 is 0 Å². The average Bonchev–Trinajstić information content (AvgIpc) is 2.65. The topological polar surface area (TPSA) is 26.8 Å². The van der Waals surface area contributed by atoms with Crippen molar-refractivity contribution in [2.75, 3.05) is 32.7 Å². The summed E-state index contributed by atoms with van der Waals surface area (Å²) < 4.78 is 0. The van der Waals surface area contributed by atoms with Crippen molar-refractivity contribution >= 4 is 5.91 Å². The van der Waals surface area contributed by atoms with Gasteiger partial charge in [-0.3, -0.25) is 14.6 Å². The summed E-state index contributed by atoms with van der Waals surface area (Å²) in [5.74, 6) is 0.221. The molecule has 0 radical (unpaired) electrons. The highest BCUT2D eigenvalue weighted by molar-refractivity contribution is 5.73. The molecule has 4 nitrogen and oxygen atoms in total. The van der Waals surface area contributed by atoms with Crippen molar-refractivity contribution in [2.24, 2.45) is 0 Å². The van der Waals surface area contributed by atoms with Gasteiger partial charge in [0.2, 0.25) is 5.91 Å². The Balaban J connectivity index is 1.65. The smallest absolute Gasteiger partial charge is 0.219 e. The van der Waals surface area contributed by atoms with E-state index in [1.165, 1.54) is 11.1 Å². The first-order valence-electron chi connectivity index (χ1n) is 10.7. The normalized spacial score (nSPS) is 25.4. The number of piperidine rings is 1. The number of carbonyl (C=O) groups is 1. The molecule has 0 saturated carbocycles. The van der Waals surface area contributed by atoms with Gasteiger partial charge in [-0.25, -0.2) is 0 Å². The Kier molecular flexibility index (Phi) is 6.27. The summed E-state index contributed by atoms with van der Waals surface area (Å²) in [4.78, 5) is 19.1. The van der Waals surface area contributed by atoms with Crippen LogP contribution in [-0.4, -0.2) is 64.9 Å². The molecule has 0 unspecified atom stereocenters. The van der Waals surface area contributed by atoms with E-state index in [1.807, 2.05) is 4.90 Å². The third-order valence-electron chi connectivity index (χ3n) is 6.98. The van der Waals surface area contributed by atoms with Gasteiger partial charge in [0.15, 0.2) is 0 Å². The van der Waals surface area contributed by atoms with Crippen molar-refractivity contribution in [3.8, 4) is 0 Å². The van der Waals surface area contributed by atoms with Crippen molar-refractivity contribution in [1.82, 2.24) is 14.7 Å². The molecule has 1 aromatic carbocycles. The van der Waals surface area contributed by atoms with Crippen LogP contribution in [0.5, 0.6) is 0 Å². The van der Waals surface area contributed by atoms with E-state index in [-0.39, 0.29) is 11.4 Å². The molecular formula is C23H37N3O. The first kappa shape index (κ1) is 20.3. The number of nitrogens with zero attached hydrogens (tertiary/aromatic N) is 3. The van der Waals surface area contributed by atoms with Gasteiger partial charge in [0.25, 0.3) is 0 Å². The maximum atomic E-state index is 11.7. The zero-order valence-electron chi connectivity index (χ0n) is 17.9. The van der Waals surface area contributed by atoms with Crippen LogP contribution in [0.1, 0.15) is 64.1 Å². The van der Waals surface area contributed by atoms with E-state index in [1.54, 1.807) is 6.92 Å². The minimum absolute atomic E-state index is 0.221. The Labute approximate surface area is 165 Å². The minimum Gasteiger partial charge on any atom is -0.343 e. The molecule has 2 aliphatic rings. The summed E-state index contributed by atoms with van der Waals surface area (Å²) in [5, 5.41) is 0. The molecule has 0 bridgehead atoms. The van der Waals surface area contributed by atoms with Crippen LogP contribution in [0.4, 0.5) is 0 Å². The molecule has 4 heteroatoms. The van der Waals surface area contributed by atoms with Gasteiger partial charge in [0, 0.05) is 57.3 Å². The average molecular weight is 372 g/mol. The molecule has 150 valence electrons. The van der Waals surface area contributed by atoms with E-state index in [0.29, 0.717) is 12.1 Å². The number of hydrogen-bond acceptors (Lipinski definition) is 3. The molecule has 0 spiro atoms. The Hall–Kier alpha value is -1.39. The van der Waals surface area contributed by atoms with Gasteiger partial charge in [-0.05, 0) is 45.6 Å². The van der Waals surface area contributed by atoms with Crippen LogP contribution in [0.3, 0.4) is 0 Å². The lowest BCUT2D eigenvalue weighted by Gasteiger charge is -2.52. The summed E-state index contributed by atoms with van der Waals surface area (Å²) in [7, 11) is 0. The van der Waals surface area contributed by atoms with E-state index < -0.39 is 0 Å². The minimum atomic E-state index is 0.221. The highest BCUT2D eigenvalue weighted by atomic mass is 16.2. The monoisotopic (exact) mass is 371 g/mol. The molecule has 1 aromatic rings. The zero-order chi connectivity index (χ0) is 19.6. The second kappa shape index (κ2) is 8.32. The van der Waals surface area contributed by atoms with Crippen LogP contribution in [0.2, 0.25) is 0 Å². The van der Waals surface area contributed by atoms with Gasteiger partial charge < -0.3 is 4.90 Å². The van der Waals surface area contributed by atoms with Crippen LogP contribution in [0.25, 0.3) is 0 Å². The Morgan fingerprint density at radius 1 is 1.15 bits per heavy atom. The lowest BCUT2D eigenvalue weighted by atomic mass is 9.86. The van der Waals surface area contributed by atoms with Gasteiger partial charge in [0.05, 0.1) is 0 Å². The number of benzene rings is 1. The number of piperazine rings is 1. The lowest BCUT2D eigenvalue weighted by Crippen LogP contribution is -2.62. The molecule has 2 fully saturated rings. The number of rotatable bonds is 4. The molecule has 1 amide bonds. The first-order chi connectivity index (χ1) is 12.8. The number of aryl methyl sites for hydroxylation is 1. The summed E-state index contributed by atoms with van der Waals surface area (Å²) in [6.07, 6.45) is 3.33. The number of hydrogen-bond donors (Lipinski definition) is 0. The SMILES string of the molecule is CC[C@@H](c1ccc(C)cc1)N1CCN(C2(C)CCN(C(C)=O)CC2)C[C@@H]1C. The second-order valence-corrected chi connectivity index (χ2v) is 8.87. The molecule has 2 heterocycles. The van der Waals surface area contributed by atoms with Crippen molar-refractivity contribution in [2.45, 2.75) is 71.5 Å². The van der Waals surface area contributed by atoms with Gasteiger partial charge in [0.1, 0.15) is 0 Å². The van der Waals surface area contributed by atoms with E-state index in [2.05, 4.69) is 61.8 Å². The highest BCUT2D eigenvalue weighted by Gasteiger charge is 2.40. The Morgan fingerprint density at radius 3 is 2.30 bits per heavy atom. The van der Waals surface area contributed by atoms with E-state index in [9.17, 15) is 4.79 Å². The number of amides is 1. The Morgan fingerprint density at radius 2 is 1.78 bits per heavy atom. The van der Waals surface area contributed by atoms with Crippen LogP contribution in [-0.2, 0) is 4.79 Å². The predicted molar refractivity (Wildman–Crippen MR) is 112 cm³/mol. The fraction of sp³-hybridized carbons (Fsp3) is 0.696. The van der Waals surface area contributed by atoms with Gasteiger partial charge in [-0.15, -0.1) is 0 Å². The van der Waals surface area contributed by atoms with Gasteiger partial charge in [-0.1, -0.05) is 36.8 Å². The van der Waals surface area contributed by atoms with Gasteiger partial charge in [-0.2, -0.15) is 0 Å². The molecule has 2 atom stereocenters. The first-order valence-corrected chi connectivity index (χ1v) is 10.7. The molecule has 0 aromatic heterocycles. The number of likely N-dealkylation sites (tertiary alicyclic amines) is 1. The van der Waals surface area contributed by atoms with Crippen molar-refractivity contribution in [3.63, 3.8) is 0 Å². The van der Waals surface area contributed by atoms with Crippen molar-refractivity contribution in [1.29, 1.82) is 0 Å². The zero-order valence-corrected chi connectivity index (χ0v) is 17.9. The molecule has 2 aliphatic heterocycles. The molecule has 0 N–H and O–H groups in total. The standard InChI is InChI=1S/C23H37N3O/c1-6-22(21-9-7-18(2)8-10-21)26-16-15-25(17-19(26)3)23(5)11-13-24(14-12-23)20(4)27/h7-10,19,22H,6,11-17H2,1-5H3/t19-,22-/m0/s1. The predicted octanol–water partition coefficient (Wildman–Crippen LogP) is 3.85. The van der Waals surface area contributed by atoms with Crippen LogP contribution in [0, 0.1) is 6.92 Å². The summed E-state index contributed by atoms with van der Waals surface area (Å²) in [6, 6.07) is 10.1. The lowest BCUT2D eigenvalue weighted by molar-refractivity contribution is -0.132. The van der Waals surface area contributed by atoms with E-state index >= 15 is 0 Å². The summed E-state index contributed by atoms with van der Waals surface area (Å²) in [6.45, 7) is 16.1. The van der Waals surface area contributed by atoms with Gasteiger partial charge >= 0.3 is 0 Å². The molecule has 3 rings (SSSR count). The maximum Gasteiger partial charge on any atom is 0.219 e. The third kappa shape index (κ3) is 4.38.